The Kier molecular flexibility index (Phi) is 11.9. The second-order valence-electron chi connectivity index (χ2n) is 15.7. The van der Waals surface area contributed by atoms with Crippen LogP contribution in [0.2, 0.25) is 0 Å². The lowest BCUT2D eigenvalue weighted by atomic mass is 9.83. The molecule has 0 aliphatic rings. The molecule has 0 fully saturated rings. The smallest absolute Gasteiger partial charge is 0.0706 e. The summed E-state index contributed by atoms with van der Waals surface area (Å²) in [6, 6.07) is 44.8. The molecule has 0 radical (unpaired) electrons. The van der Waals surface area contributed by atoms with Crippen molar-refractivity contribution >= 4 is 23.8 Å². The zero-order valence-electron chi connectivity index (χ0n) is 33.9. The van der Waals surface area contributed by atoms with E-state index in [1.54, 1.807) is 0 Å². The standard InChI is InChI=1S/C52H56N2/c1-33-15-11-19-43(25-33)39(7)47-29-37(5)30-48(40(8)44-20-12-16-34(2)26-44)51(47)53-23-24-54-52-49(41(9)45-21-13-17-35(3)27-45)31-38(6)32-50(52)42(10)46-22-14-18-36(4)28-46/h11-32,39-42H,1-10H3/t39-,40-,41-,42-/m1/s1. The highest BCUT2D eigenvalue weighted by Gasteiger charge is 2.23. The van der Waals surface area contributed by atoms with E-state index in [-0.39, 0.29) is 23.7 Å². The van der Waals surface area contributed by atoms with Crippen LogP contribution in [0, 0.1) is 41.5 Å². The number of aryl methyl sites for hydroxylation is 6. The first kappa shape index (κ1) is 38.4. The quantitative estimate of drug-likeness (QED) is 0.120. The molecular formula is C52H56N2. The van der Waals surface area contributed by atoms with Crippen LogP contribution in [0.1, 0.15) is 129 Å². The van der Waals surface area contributed by atoms with E-state index in [0.717, 1.165) is 11.4 Å². The van der Waals surface area contributed by atoms with E-state index in [4.69, 9.17) is 9.98 Å². The molecule has 6 rings (SSSR count). The van der Waals surface area contributed by atoms with Gasteiger partial charge in [-0.05, 0) is 86.1 Å². The Hall–Kier alpha value is -5.34. The zero-order valence-corrected chi connectivity index (χ0v) is 33.9. The molecule has 0 N–H and O–H groups in total. The summed E-state index contributed by atoms with van der Waals surface area (Å²) in [6.07, 6.45) is 3.84. The monoisotopic (exact) mass is 708 g/mol. The molecule has 0 amide bonds. The molecule has 0 heterocycles. The molecule has 2 heteroatoms. The van der Waals surface area contributed by atoms with Gasteiger partial charge in [0.25, 0.3) is 0 Å². The minimum Gasteiger partial charge on any atom is -0.255 e. The van der Waals surface area contributed by atoms with Crippen molar-refractivity contribution in [2.24, 2.45) is 9.98 Å². The van der Waals surface area contributed by atoms with Gasteiger partial charge in [0, 0.05) is 36.1 Å². The zero-order chi connectivity index (χ0) is 38.5. The van der Waals surface area contributed by atoms with Gasteiger partial charge in [-0.15, -0.1) is 0 Å². The maximum Gasteiger partial charge on any atom is 0.0706 e. The van der Waals surface area contributed by atoms with Crippen LogP contribution in [0.4, 0.5) is 11.4 Å². The fourth-order valence-corrected chi connectivity index (χ4v) is 7.98. The maximum absolute atomic E-state index is 5.33. The fraction of sp³-hybridized carbons (Fsp3) is 0.269. The molecule has 6 aromatic rings. The number of rotatable bonds is 11. The average Bonchev–Trinajstić information content (AvgIpc) is 3.15. The molecule has 54 heavy (non-hydrogen) atoms. The first-order chi connectivity index (χ1) is 25.9. The molecule has 0 aromatic heterocycles. The van der Waals surface area contributed by atoms with Gasteiger partial charge in [-0.2, -0.15) is 0 Å². The van der Waals surface area contributed by atoms with E-state index in [1.165, 1.54) is 77.9 Å². The number of hydrogen-bond acceptors (Lipinski definition) is 2. The van der Waals surface area contributed by atoms with E-state index in [9.17, 15) is 0 Å². The predicted octanol–water partition coefficient (Wildman–Crippen LogP) is 14.2. The van der Waals surface area contributed by atoms with Crippen molar-refractivity contribution in [1.29, 1.82) is 0 Å². The molecule has 0 saturated heterocycles. The van der Waals surface area contributed by atoms with E-state index >= 15 is 0 Å². The summed E-state index contributed by atoms with van der Waals surface area (Å²) < 4.78 is 0. The topological polar surface area (TPSA) is 24.7 Å². The number of hydrogen-bond donors (Lipinski definition) is 0. The van der Waals surface area contributed by atoms with Crippen LogP contribution in [0.25, 0.3) is 0 Å². The van der Waals surface area contributed by atoms with E-state index in [1.807, 2.05) is 12.4 Å². The van der Waals surface area contributed by atoms with E-state index in [2.05, 4.69) is 191 Å². The van der Waals surface area contributed by atoms with Crippen molar-refractivity contribution in [3.8, 4) is 0 Å². The van der Waals surface area contributed by atoms with Crippen LogP contribution in [0.3, 0.4) is 0 Å². The molecule has 2 nitrogen and oxygen atoms in total. The lowest BCUT2D eigenvalue weighted by molar-refractivity contribution is 0.881. The van der Waals surface area contributed by atoms with E-state index < -0.39 is 0 Å². The highest BCUT2D eigenvalue weighted by atomic mass is 14.8. The van der Waals surface area contributed by atoms with Gasteiger partial charge >= 0.3 is 0 Å². The second-order valence-corrected chi connectivity index (χ2v) is 15.7. The van der Waals surface area contributed by atoms with Crippen molar-refractivity contribution in [2.45, 2.75) is 92.9 Å². The van der Waals surface area contributed by atoms with Gasteiger partial charge in [-0.1, -0.05) is 182 Å². The molecule has 0 aliphatic carbocycles. The third-order valence-corrected chi connectivity index (χ3v) is 11.1. The van der Waals surface area contributed by atoms with Crippen molar-refractivity contribution in [3.05, 3.63) is 199 Å². The minimum absolute atomic E-state index is 0.165. The van der Waals surface area contributed by atoms with Gasteiger partial charge in [0.15, 0.2) is 0 Å². The molecule has 274 valence electrons. The van der Waals surface area contributed by atoms with Crippen LogP contribution in [0.15, 0.2) is 131 Å². The summed E-state index contributed by atoms with van der Waals surface area (Å²) in [7, 11) is 0. The molecule has 0 bridgehead atoms. The Morgan fingerprint density at radius 3 is 0.796 bits per heavy atom. The van der Waals surface area contributed by atoms with Crippen LogP contribution in [-0.2, 0) is 0 Å². The summed E-state index contributed by atoms with van der Waals surface area (Å²) in [5, 5.41) is 0. The molecular weight excluding hydrogens is 653 g/mol. The Bertz CT molecular complexity index is 2010. The van der Waals surface area contributed by atoms with Crippen molar-refractivity contribution < 1.29 is 0 Å². The van der Waals surface area contributed by atoms with Crippen LogP contribution in [0.5, 0.6) is 0 Å². The fourth-order valence-electron chi connectivity index (χ4n) is 7.98. The van der Waals surface area contributed by atoms with Crippen molar-refractivity contribution in [2.75, 3.05) is 0 Å². The Morgan fingerprint density at radius 2 is 0.574 bits per heavy atom. The summed E-state index contributed by atoms with van der Waals surface area (Å²) in [5.74, 6) is 0.659. The first-order valence-corrected chi connectivity index (χ1v) is 19.5. The highest BCUT2D eigenvalue weighted by Crippen LogP contribution is 2.42. The molecule has 0 aliphatic heterocycles. The molecule has 0 saturated carbocycles. The highest BCUT2D eigenvalue weighted by molar-refractivity contribution is 6.17. The molecule has 0 spiro atoms. The molecule has 6 aromatic carbocycles. The summed E-state index contributed by atoms with van der Waals surface area (Å²) in [4.78, 5) is 10.7. The van der Waals surface area contributed by atoms with Gasteiger partial charge in [0.2, 0.25) is 0 Å². The largest absolute Gasteiger partial charge is 0.255 e. The summed E-state index contributed by atoms with van der Waals surface area (Å²) in [6.45, 7) is 22.3. The number of nitrogens with zero attached hydrogens (tertiary/aromatic N) is 2. The minimum atomic E-state index is 0.165. The van der Waals surface area contributed by atoms with Crippen molar-refractivity contribution in [1.82, 2.24) is 0 Å². The maximum atomic E-state index is 5.33. The second kappa shape index (κ2) is 16.8. The van der Waals surface area contributed by atoms with Gasteiger partial charge < -0.3 is 0 Å². The van der Waals surface area contributed by atoms with Gasteiger partial charge in [-0.25, -0.2) is 0 Å². The van der Waals surface area contributed by atoms with Crippen LogP contribution in [-0.4, -0.2) is 12.4 Å². The van der Waals surface area contributed by atoms with Crippen molar-refractivity contribution in [3.63, 3.8) is 0 Å². The Balaban J connectivity index is 1.49. The summed E-state index contributed by atoms with van der Waals surface area (Å²) >= 11 is 0. The SMILES string of the molecule is Cc1cccc([C@@H](C)c2cc(C)cc([C@H](C)c3cccc(C)c3)c2N=CC=Nc2c([C@H](C)c3cccc(C)c3)cc(C)cc2[C@H](C)c2cccc(C)c2)c1. The normalized spacial score (nSPS) is 14.0. The van der Waals surface area contributed by atoms with Crippen LogP contribution < -0.4 is 0 Å². The number of benzene rings is 6. The third kappa shape index (κ3) is 8.71. The number of aliphatic imine (C=N–C) groups is 2. The lowest BCUT2D eigenvalue weighted by Crippen LogP contribution is -2.05. The van der Waals surface area contributed by atoms with Gasteiger partial charge in [0.1, 0.15) is 0 Å². The average molecular weight is 709 g/mol. The predicted molar refractivity (Wildman–Crippen MR) is 233 cm³/mol. The van der Waals surface area contributed by atoms with Crippen LogP contribution >= 0.6 is 0 Å². The van der Waals surface area contributed by atoms with Gasteiger partial charge in [0.05, 0.1) is 11.4 Å². The Morgan fingerprint density at radius 1 is 0.333 bits per heavy atom. The van der Waals surface area contributed by atoms with E-state index in [0.29, 0.717) is 0 Å². The molecule has 0 unspecified atom stereocenters. The third-order valence-electron chi connectivity index (χ3n) is 11.1. The van der Waals surface area contributed by atoms with Gasteiger partial charge in [-0.3, -0.25) is 9.98 Å². The Labute approximate surface area is 324 Å². The lowest BCUT2D eigenvalue weighted by Gasteiger charge is -2.23. The molecule has 4 atom stereocenters. The summed E-state index contributed by atoms with van der Waals surface area (Å²) in [5.41, 5.74) is 19.7. The first-order valence-electron chi connectivity index (χ1n) is 19.5.